The lowest BCUT2D eigenvalue weighted by molar-refractivity contribution is 0.112. The summed E-state index contributed by atoms with van der Waals surface area (Å²) in [6, 6.07) is 23.7. The van der Waals surface area contributed by atoms with Crippen LogP contribution < -0.4 is 14.2 Å². The fraction of sp³-hybridized carbons (Fsp3) is 0.240. The highest BCUT2D eigenvalue weighted by Crippen LogP contribution is 2.32. The number of carbonyl (C=O) groups excluding carboxylic acids is 1. The Labute approximate surface area is 172 Å². The van der Waals surface area contributed by atoms with Gasteiger partial charge in [0.15, 0.2) is 11.5 Å². The first-order valence-corrected chi connectivity index (χ1v) is 9.59. The van der Waals surface area contributed by atoms with E-state index in [1.165, 1.54) is 11.1 Å². The van der Waals surface area contributed by atoms with Crippen LogP contribution in [0.15, 0.2) is 72.8 Å². The minimum absolute atomic E-state index is 0.0803. The van der Waals surface area contributed by atoms with Crippen molar-refractivity contribution in [2.24, 2.45) is 0 Å². The number of ether oxygens (including phenoxy) is 3. The summed E-state index contributed by atoms with van der Waals surface area (Å²) in [5, 5.41) is 0. The molecule has 29 heavy (non-hydrogen) atoms. The third-order valence-electron chi connectivity index (χ3n) is 5.00. The van der Waals surface area contributed by atoms with E-state index in [-0.39, 0.29) is 5.41 Å². The van der Waals surface area contributed by atoms with Crippen LogP contribution in [-0.2, 0) is 5.41 Å². The molecular formula is C25H26O4. The second kappa shape index (κ2) is 9.28. The Morgan fingerprint density at radius 2 is 1.45 bits per heavy atom. The molecule has 150 valence electrons. The minimum Gasteiger partial charge on any atom is -0.493 e. The Morgan fingerprint density at radius 3 is 2.10 bits per heavy atom. The van der Waals surface area contributed by atoms with Gasteiger partial charge < -0.3 is 14.2 Å². The van der Waals surface area contributed by atoms with Crippen LogP contribution in [-0.4, -0.2) is 26.6 Å². The molecule has 0 bridgehead atoms. The smallest absolute Gasteiger partial charge is 0.162 e. The van der Waals surface area contributed by atoms with Crippen molar-refractivity contribution >= 4 is 6.29 Å². The summed E-state index contributed by atoms with van der Waals surface area (Å²) in [6.45, 7) is 5.16. The number of hydrogen-bond acceptors (Lipinski definition) is 4. The highest BCUT2D eigenvalue weighted by atomic mass is 16.5. The maximum Gasteiger partial charge on any atom is 0.162 e. The molecule has 0 heterocycles. The first-order chi connectivity index (χ1) is 14.0. The van der Waals surface area contributed by atoms with Gasteiger partial charge in [0.05, 0.1) is 7.11 Å². The zero-order chi connectivity index (χ0) is 20.7. The highest BCUT2D eigenvalue weighted by Gasteiger charge is 2.22. The third kappa shape index (κ3) is 4.96. The fourth-order valence-electron chi connectivity index (χ4n) is 3.18. The Balaban J connectivity index is 1.57. The Hall–Kier alpha value is -3.27. The van der Waals surface area contributed by atoms with E-state index in [1.807, 2.05) is 18.2 Å². The van der Waals surface area contributed by atoms with Gasteiger partial charge in [-0.3, -0.25) is 4.79 Å². The second-order valence-corrected chi connectivity index (χ2v) is 7.24. The van der Waals surface area contributed by atoms with Crippen LogP contribution in [0, 0.1) is 0 Å². The molecule has 0 saturated heterocycles. The number of rotatable bonds is 9. The quantitative estimate of drug-likeness (QED) is 0.368. The zero-order valence-electron chi connectivity index (χ0n) is 17.1. The predicted molar refractivity (Wildman–Crippen MR) is 114 cm³/mol. The summed E-state index contributed by atoms with van der Waals surface area (Å²) in [4.78, 5) is 10.9. The highest BCUT2D eigenvalue weighted by molar-refractivity contribution is 5.76. The molecule has 0 fully saturated rings. The van der Waals surface area contributed by atoms with Crippen LogP contribution in [0.5, 0.6) is 17.2 Å². The molecular weight excluding hydrogens is 364 g/mol. The summed E-state index contributed by atoms with van der Waals surface area (Å²) in [5.41, 5.74) is 2.96. The molecule has 0 spiro atoms. The van der Waals surface area contributed by atoms with Gasteiger partial charge in [-0.1, -0.05) is 56.3 Å². The molecule has 0 amide bonds. The van der Waals surface area contributed by atoms with Gasteiger partial charge in [0.2, 0.25) is 0 Å². The van der Waals surface area contributed by atoms with Gasteiger partial charge in [0, 0.05) is 11.0 Å². The Morgan fingerprint density at radius 1 is 0.793 bits per heavy atom. The number of carbonyl (C=O) groups is 1. The van der Waals surface area contributed by atoms with Crippen molar-refractivity contribution in [1.82, 2.24) is 0 Å². The average molecular weight is 390 g/mol. The van der Waals surface area contributed by atoms with E-state index in [1.54, 1.807) is 25.3 Å². The molecule has 3 aromatic rings. The SMILES string of the molecule is COc1ccc(C=O)cc1OCCOc1ccc(C(C)(C)c2ccccc2)cc1. The molecule has 0 radical (unpaired) electrons. The summed E-state index contributed by atoms with van der Waals surface area (Å²) >= 11 is 0. The lowest BCUT2D eigenvalue weighted by atomic mass is 9.78. The fourth-order valence-corrected chi connectivity index (χ4v) is 3.18. The summed E-state index contributed by atoms with van der Waals surface area (Å²) in [7, 11) is 1.57. The number of hydrogen-bond donors (Lipinski definition) is 0. The summed E-state index contributed by atoms with van der Waals surface area (Å²) in [5.74, 6) is 1.90. The van der Waals surface area contributed by atoms with Crippen LogP contribution in [0.2, 0.25) is 0 Å². The van der Waals surface area contributed by atoms with Gasteiger partial charge in [-0.05, 0) is 41.5 Å². The van der Waals surface area contributed by atoms with E-state index in [0.29, 0.717) is 30.3 Å². The lowest BCUT2D eigenvalue weighted by Gasteiger charge is -2.26. The van der Waals surface area contributed by atoms with Gasteiger partial charge in [0.1, 0.15) is 25.2 Å². The molecule has 0 aliphatic heterocycles. The van der Waals surface area contributed by atoms with Crippen molar-refractivity contribution in [1.29, 1.82) is 0 Å². The first kappa shape index (κ1) is 20.5. The van der Waals surface area contributed by atoms with Gasteiger partial charge in [-0.25, -0.2) is 0 Å². The summed E-state index contributed by atoms with van der Waals surface area (Å²) in [6.07, 6.45) is 0.779. The molecule has 0 saturated carbocycles. The van der Waals surface area contributed by atoms with Crippen molar-refractivity contribution in [3.05, 3.63) is 89.5 Å². The zero-order valence-corrected chi connectivity index (χ0v) is 17.1. The number of methoxy groups -OCH3 is 1. The van der Waals surface area contributed by atoms with E-state index in [2.05, 4.69) is 50.2 Å². The van der Waals surface area contributed by atoms with Crippen molar-refractivity contribution in [2.45, 2.75) is 19.3 Å². The maximum absolute atomic E-state index is 10.9. The van der Waals surface area contributed by atoms with Gasteiger partial charge >= 0.3 is 0 Å². The van der Waals surface area contributed by atoms with Gasteiger partial charge in [0.25, 0.3) is 0 Å². The standard InChI is InChI=1S/C25H26O4/c1-25(2,20-7-5-4-6-8-20)21-10-12-22(13-11-21)28-15-16-29-24-17-19(18-26)9-14-23(24)27-3/h4-14,17-18H,15-16H2,1-3H3. The molecule has 0 unspecified atom stereocenters. The largest absolute Gasteiger partial charge is 0.493 e. The predicted octanol–water partition coefficient (Wildman–Crippen LogP) is 5.29. The monoisotopic (exact) mass is 390 g/mol. The topological polar surface area (TPSA) is 44.8 Å². The normalized spacial score (nSPS) is 11.0. The molecule has 4 heteroatoms. The molecule has 0 aliphatic carbocycles. The Bertz CT molecular complexity index is 931. The first-order valence-electron chi connectivity index (χ1n) is 9.59. The molecule has 0 N–H and O–H groups in total. The number of aldehydes is 1. The number of benzene rings is 3. The Kier molecular flexibility index (Phi) is 6.55. The van der Waals surface area contributed by atoms with Crippen LogP contribution in [0.1, 0.15) is 35.3 Å². The molecule has 4 nitrogen and oxygen atoms in total. The van der Waals surface area contributed by atoms with E-state index in [0.717, 1.165) is 12.0 Å². The van der Waals surface area contributed by atoms with Crippen LogP contribution in [0.25, 0.3) is 0 Å². The van der Waals surface area contributed by atoms with Gasteiger partial charge in [-0.2, -0.15) is 0 Å². The maximum atomic E-state index is 10.9. The van der Waals surface area contributed by atoms with Crippen LogP contribution in [0.3, 0.4) is 0 Å². The van der Waals surface area contributed by atoms with Crippen molar-refractivity contribution in [3.63, 3.8) is 0 Å². The molecule has 0 atom stereocenters. The van der Waals surface area contributed by atoms with E-state index >= 15 is 0 Å². The van der Waals surface area contributed by atoms with Crippen molar-refractivity contribution in [2.75, 3.05) is 20.3 Å². The van der Waals surface area contributed by atoms with Crippen molar-refractivity contribution in [3.8, 4) is 17.2 Å². The van der Waals surface area contributed by atoms with Gasteiger partial charge in [-0.15, -0.1) is 0 Å². The van der Waals surface area contributed by atoms with Crippen LogP contribution in [0.4, 0.5) is 0 Å². The van der Waals surface area contributed by atoms with Crippen molar-refractivity contribution < 1.29 is 19.0 Å². The third-order valence-corrected chi connectivity index (χ3v) is 5.00. The van der Waals surface area contributed by atoms with Crippen LogP contribution >= 0.6 is 0 Å². The average Bonchev–Trinajstić information content (AvgIpc) is 2.77. The molecule has 3 aromatic carbocycles. The van der Waals surface area contributed by atoms with E-state index in [4.69, 9.17) is 14.2 Å². The summed E-state index contributed by atoms with van der Waals surface area (Å²) < 4.78 is 16.8. The lowest BCUT2D eigenvalue weighted by Crippen LogP contribution is -2.18. The second-order valence-electron chi connectivity index (χ2n) is 7.24. The molecule has 3 rings (SSSR count). The molecule has 0 aliphatic rings. The molecule has 0 aromatic heterocycles. The minimum atomic E-state index is -0.0803. The van der Waals surface area contributed by atoms with E-state index in [9.17, 15) is 4.79 Å². The van der Waals surface area contributed by atoms with E-state index < -0.39 is 0 Å².